The lowest BCUT2D eigenvalue weighted by Crippen LogP contribution is -2.32. The molecule has 0 heterocycles. The van der Waals surface area contributed by atoms with Crippen molar-refractivity contribution < 1.29 is 23.2 Å². The van der Waals surface area contributed by atoms with Gasteiger partial charge in [-0.1, -0.05) is 18.5 Å². The third-order valence-electron chi connectivity index (χ3n) is 2.79. The normalized spacial score (nSPS) is 12.9. The van der Waals surface area contributed by atoms with Crippen LogP contribution in [0.4, 0.5) is 5.69 Å². The summed E-state index contributed by atoms with van der Waals surface area (Å²) in [5, 5.41) is 19.4. The van der Waals surface area contributed by atoms with Crippen LogP contribution in [0.5, 0.6) is 0 Å². The Kier molecular flexibility index (Phi) is 5.64. The molecule has 1 unspecified atom stereocenters. The quantitative estimate of drug-likeness (QED) is 0.575. The number of nitrogens with zero attached hydrogens (tertiary/aromatic N) is 1. The summed E-state index contributed by atoms with van der Waals surface area (Å²) in [5.41, 5.74) is -0.537. The average molecular weight is 337 g/mol. The van der Waals surface area contributed by atoms with E-state index in [4.69, 9.17) is 16.7 Å². The Labute approximate surface area is 125 Å². The maximum Gasteiger partial charge on any atom is 0.307 e. The molecule has 0 saturated heterocycles. The smallest absolute Gasteiger partial charge is 0.307 e. The number of benzene rings is 1. The zero-order valence-electron chi connectivity index (χ0n) is 10.9. The third-order valence-corrected chi connectivity index (χ3v) is 4.53. The maximum absolute atomic E-state index is 12.0. The Morgan fingerprint density at radius 3 is 2.62 bits per heavy atom. The number of hydrogen-bond donors (Lipinski definition) is 2. The SMILES string of the molecule is CCC(CNS(=O)(=O)c1ccc(Cl)c([N+](=O)[O-])c1)C(=O)O. The number of sulfonamides is 1. The summed E-state index contributed by atoms with van der Waals surface area (Å²) < 4.78 is 26.1. The minimum absolute atomic E-state index is 0.184. The number of rotatable bonds is 7. The van der Waals surface area contributed by atoms with Crippen molar-refractivity contribution in [1.82, 2.24) is 4.72 Å². The Bertz CT molecular complexity index is 661. The molecule has 1 aromatic carbocycles. The predicted molar refractivity (Wildman–Crippen MR) is 74.7 cm³/mol. The first-order valence-electron chi connectivity index (χ1n) is 5.85. The monoisotopic (exact) mass is 336 g/mol. The van der Waals surface area contributed by atoms with Gasteiger partial charge in [-0.15, -0.1) is 0 Å². The molecular formula is C11H13ClN2O6S. The number of nitro groups is 1. The van der Waals surface area contributed by atoms with E-state index in [1.165, 1.54) is 0 Å². The zero-order valence-corrected chi connectivity index (χ0v) is 12.5. The van der Waals surface area contributed by atoms with Crippen molar-refractivity contribution in [2.45, 2.75) is 18.2 Å². The molecule has 10 heteroatoms. The van der Waals surface area contributed by atoms with Crippen LogP contribution in [0.2, 0.25) is 5.02 Å². The van der Waals surface area contributed by atoms with E-state index in [-0.39, 0.29) is 22.9 Å². The van der Waals surface area contributed by atoms with Crippen molar-refractivity contribution in [3.63, 3.8) is 0 Å². The first kappa shape index (κ1) is 17.3. The fourth-order valence-corrected chi connectivity index (χ4v) is 2.79. The molecule has 0 radical (unpaired) electrons. The summed E-state index contributed by atoms with van der Waals surface area (Å²) in [6, 6.07) is 3.04. The lowest BCUT2D eigenvalue weighted by atomic mass is 10.1. The van der Waals surface area contributed by atoms with Crippen LogP contribution in [0.1, 0.15) is 13.3 Å². The predicted octanol–water partition coefficient (Wildman–Crippen LogP) is 1.64. The van der Waals surface area contributed by atoms with Gasteiger partial charge in [0, 0.05) is 12.6 Å². The van der Waals surface area contributed by atoms with Crippen LogP contribution in [0.3, 0.4) is 0 Å². The van der Waals surface area contributed by atoms with E-state index in [9.17, 15) is 23.3 Å². The Hall–Kier alpha value is -1.71. The van der Waals surface area contributed by atoms with E-state index in [1.54, 1.807) is 6.92 Å². The highest BCUT2D eigenvalue weighted by atomic mass is 35.5. The molecular weight excluding hydrogens is 324 g/mol. The number of hydrogen-bond acceptors (Lipinski definition) is 5. The van der Waals surface area contributed by atoms with Gasteiger partial charge in [0.1, 0.15) is 5.02 Å². The third kappa shape index (κ3) is 4.38. The van der Waals surface area contributed by atoms with Crippen LogP contribution in [-0.2, 0) is 14.8 Å². The molecule has 0 fully saturated rings. The van der Waals surface area contributed by atoms with Crippen LogP contribution in [0.25, 0.3) is 0 Å². The Balaban J connectivity index is 3.01. The summed E-state index contributed by atoms with van der Waals surface area (Å²) >= 11 is 5.60. The van der Waals surface area contributed by atoms with Crippen LogP contribution in [0.15, 0.2) is 23.1 Å². The number of carbonyl (C=O) groups is 1. The second kappa shape index (κ2) is 6.83. The molecule has 0 aliphatic carbocycles. The molecule has 1 rings (SSSR count). The van der Waals surface area contributed by atoms with Crippen molar-refractivity contribution in [1.29, 1.82) is 0 Å². The van der Waals surface area contributed by atoms with Gasteiger partial charge in [0.15, 0.2) is 0 Å². The van der Waals surface area contributed by atoms with Gasteiger partial charge < -0.3 is 5.11 Å². The molecule has 0 amide bonds. The van der Waals surface area contributed by atoms with Gasteiger partial charge >= 0.3 is 5.97 Å². The van der Waals surface area contributed by atoms with Crippen LogP contribution >= 0.6 is 11.6 Å². The van der Waals surface area contributed by atoms with Gasteiger partial charge in [0.25, 0.3) is 5.69 Å². The Morgan fingerprint density at radius 1 is 1.52 bits per heavy atom. The molecule has 0 aromatic heterocycles. The van der Waals surface area contributed by atoms with Gasteiger partial charge in [0.2, 0.25) is 10.0 Å². The number of aliphatic carboxylic acids is 1. The van der Waals surface area contributed by atoms with Crippen LogP contribution in [-0.4, -0.2) is 31.0 Å². The lowest BCUT2D eigenvalue weighted by molar-refractivity contribution is -0.384. The minimum atomic E-state index is -4.05. The number of carboxylic acids is 1. The summed E-state index contributed by atoms with van der Waals surface area (Å²) in [6.07, 6.45) is 0.249. The van der Waals surface area contributed by atoms with Crippen molar-refractivity contribution in [2.24, 2.45) is 5.92 Å². The summed E-state index contributed by atoms with van der Waals surface area (Å²) in [4.78, 5) is 20.4. The molecule has 116 valence electrons. The van der Waals surface area contributed by atoms with Crippen molar-refractivity contribution in [3.05, 3.63) is 33.3 Å². The molecule has 0 saturated carbocycles. The number of carboxylic acid groups (broad SMARTS) is 1. The van der Waals surface area contributed by atoms with E-state index in [2.05, 4.69) is 4.72 Å². The van der Waals surface area contributed by atoms with Crippen molar-refractivity contribution >= 4 is 33.3 Å². The van der Waals surface area contributed by atoms with E-state index in [1.807, 2.05) is 0 Å². The van der Waals surface area contributed by atoms with Crippen LogP contribution < -0.4 is 4.72 Å². The summed E-state index contributed by atoms with van der Waals surface area (Å²) in [6.45, 7) is 1.31. The first-order valence-corrected chi connectivity index (χ1v) is 7.71. The van der Waals surface area contributed by atoms with Gasteiger partial charge in [-0.3, -0.25) is 14.9 Å². The van der Waals surface area contributed by atoms with Crippen molar-refractivity contribution in [3.8, 4) is 0 Å². The topological polar surface area (TPSA) is 127 Å². The fraction of sp³-hybridized carbons (Fsp3) is 0.364. The van der Waals surface area contributed by atoms with Gasteiger partial charge in [-0.25, -0.2) is 13.1 Å². The molecule has 0 aliphatic heterocycles. The highest BCUT2D eigenvalue weighted by molar-refractivity contribution is 7.89. The van der Waals surface area contributed by atoms with Gasteiger partial charge in [-0.05, 0) is 18.6 Å². The average Bonchev–Trinajstić information content (AvgIpc) is 2.38. The Morgan fingerprint density at radius 2 is 2.14 bits per heavy atom. The fourth-order valence-electron chi connectivity index (χ4n) is 1.50. The van der Waals surface area contributed by atoms with E-state index in [0.717, 1.165) is 18.2 Å². The second-order valence-electron chi connectivity index (χ2n) is 4.17. The van der Waals surface area contributed by atoms with Gasteiger partial charge in [0.05, 0.1) is 15.7 Å². The summed E-state index contributed by atoms with van der Waals surface area (Å²) in [5.74, 6) is -2.00. The molecule has 0 bridgehead atoms. The molecule has 21 heavy (non-hydrogen) atoms. The molecule has 1 aromatic rings. The number of nitrogens with one attached hydrogen (secondary N) is 1. The standard InChI is InChI=1S/C11H13ClN2O6S/c1-2-7(11(15)16)6-13-21(19,20)8-3-4-9(12)10(5-8)14(17)18/h3-5,7,13H,2,6H2,1H3,(H,15,16). The van der Waals surface area contributed by atoms with E-state index >= 15 is 0 Å². The van der Waals surface area contributed by atoms with E-state index in [0.29, 0.717) is 0 Å². The highest BCUT2D eigenvalue weighted by Gasteiger charge is 2.23. The molecule has 0 spiro atoms. The van der Waals surface area contributed by atoms with Gasteiger partial charge in [-0.2, -0.15) is 0 Å². The lowest BCUT2D eigenvalue weighted by Gasteiger charge is -2.11. The molecule has 2 N–H and O–H groups in total. The van der Waals surface area contributed by atoms with Crippen molar-refractivity contribution in [2.75, 3.05) is 6.54 Å². The molecule has 0 aliphatic rings. The molecule has 8 nitrogen and oxygen atoms in total. The first-order chi connectivity index (χ1) is 9.69. The summed E-state index contributed by atoms with van der Waals surface area (Å²) in [7, 11) is -4.05. The molecule has 1 atom stereocenters. The number of halogens is 1. The minimum Gasteiger partial charge on any atom is -0.481 e. The second-order valence-corrected chi connectivity index (χ2v) is 6.34. The zero-order chi connectivity index (χ0) is 16.2. The van der Waals surface area contributed by atoms with Crippen LogP contribution in [0, 0.1) is 16.0 Å². The number of nitro benzene ring substituents is 1. The maximum atomic E-state index is 12.0. The highest BCUT2D eigenvalue weighted by Crippen LogP contribution is 2.27. The van der Waals surface area contributed by atoms with E-state index < -0.39 is 32.5 Å². The largest absolute Gasteiger partial charge is 0.481 e.